The van der Waals surface area contributed by atoms with Gasteiger partial charge in [0.2, 0.25) is 5.91 Å². The van der Waals surface area contributed by atoms with E-state index < -0.39 is 6.17 Å². The number of nitrogens with one attached hydrogen (secondary N) is 2. The van der Waals surface area contributed by atoms with Crippen LogP contribution in [0.2, 0.25) is 0 Å². The van der Waals surface area contributed by atoms with Crippen LogP contribution in [0.3, 0.4) is 0 Å². The van der Waals surface area contributed by atoms with E-state index in [0.717, 1.165) is 45.8 Å². The lowest BCUT2D eigenvalue weighted by Crippen LogP contribution is -2.48. The highest BCUT2D eigenvalue weighted by molar-refractivity contribution is 5.72. The van der Waals surface area contributed by atoms with Crippen molar-refractivity contribution >= 4 is 5.91 Å². The van der Waals surface area contributed by atoms with Gasteiger partial charge in [0.05, 0.1) is 72.6 Å². The van der Waals surface area contributed by atoms with Crippen LogP contribution in [0.25, 0.3) is 0 Å². The topological polar surface area (TPSA) is 93.8 Å². The molecule has 0 aromatic carbocycles. The van der Waals surface area contributed by atoms with E-state index in [1.54, 1.807) is 0 Å². The van der Waals surface area contributed by atoms with Gasteiger partial charge in [0.25, 0.3) is 0 Å². The summed E-state index contributed by atoms with van der Waals surface area (Å²) in [6.45, 7) is 17.5. The fourth-order valence-corrected chi connectivity index (χ4v) is 3.33. The molecule has 1 atom stereocenters. The minimum atomic E-state index is -1.16. The number of amides is 1. The average molecular weight is 509 g/mol. The molecule has 0 aromatic rings. The summed E-state index contributed by atoms with van der Waals surface area (Å²) in [4.78, 5) is 15.5. The van der Waals surface area contributed by atoms with Gasteiger partial charge in [-0.3, -0.25) is 14.6 Å². The molecule has 1 saturated heterocycles. The first-order valence-electron chi connectivity index (χ1n) is 12.9. The number of rotatable bonds is 23. The predicted molar refractivity (Wildman–Crippen MR) is 134 cm³/mol. The molecule has 0 aromatic heterocycles. The number of hydrogen-bond acceptors (Lipinski definition) is 9. The summed E-state index contributed by atoms with van der Waals surface area (Å²) in [6.07, 6.45) is -1.16. The van der Waals surface area contributed by atoms with Gasteiger partial charge in [-0.05, 0) is 0 Å². The Bertz CT molecular complexity index is 499. The van der Waals surface area contributed by atoms with Gasteiger partial charge >= 0.3 is 0 Å². The van der Waals surface area contributed by atoms with Crippen LogP contribution in [0.15, 0.2) is 0 Å². The van der Waals surface area contributed by atoms with E-state index >= 15 is 0 Å². The summed E-state index contributed by atoms with van der Waals surface area (Å²) in [5, 5.41) is 5.75. The lowest BCUT2D eigenvalue weighted by atomic mass is 10.3. The molecule has 2 N–H and O–H groups in total. The highest BCUT2D eigenvalue weighted by atomic mass is 19.1. The second kappa shape index (κ2) is 22.3. The Hall–Kier alpha value is -0.920. The zero-order valence-corrected chi connectivity index (χ0v) is 22.1. The Morgan fingerprint density at radius 3 is 1.71 bits per heavy atom. The van der Waals surface area contributed by atoms with E-state index in [9.17, 15) is 9.18 Å². The Labute approximate surface area is 211 Å². The molecule has 1 fully saturated rings. The van der Waals surface area contributed by atoms with E-state index in [4.69, 9.17) is 23.7 Å². The number of carbonyl (C=O) groups is 1. The van der Waals surface area contributed by atoms with Crippen LogP contribution >= 0.6 is 0 Å². The van der Waals surface area contributed by atoms with Gasteiger partial charge in [0.15, 0.2) is 0 Å². The Kier molecular flexibility index (Phi) is 20.4. The van der Waals surface area contributed by atoms with Gasteiger partial charge in [-0.25, -0.2) is 4.39 Å². The molecule has 0 aliphatic carbocycles. The summed E-state index contributed by atoms with van der Waals surface area (Å²) in [5.74, 6) is -0.228. The normalized spacial score (nSPS) is 16.1. The number of carbonyl (C=O) groups excluding carboxylic acids is 1. The van der Waals surface area contributed by atoms with Gasteiger partial charge in [0, 0.05) is 58.8 Å². The first-order valence-corrected chi connectivity index (χ1v) is 12.9. The lowest BCUT2D eigenvalue weighted by molar-refractivity contribution is -0.119. The van der Waals surface area contributed by atoms with Crippen molar-refractivity contribution in [2.45, 2.75) is 33.0 Å². The minimum Gasteiger partial charge on any atom is -0.378 e. The fraction of sp³-hybridized carbons (Fsp3) is 0.958. The van der Waals surface area contributed by atoms with Crippen molar-refractivity contribution in [3.05, 3.63) is 0 Å². The van der Waals surface area contributed by atoms with Crippen molar-refractivity contribution in [2.75, 3.05) is 118 Å². The molecule has 0 bridgehead atoms. The van der Waals surface area contributed by atoms with Crippen molar-refractivity contribution in [1.82, 2.24) is 20.4 Å². The highest BCUT2D eigenvalue weighted by Crippen LogP contribution is 2.02. The molecule has 11 heteroatoms. The molecular weight excluding hydrogens is 459 g/mol. The molecule has 208 valence electrons. The molecule has 10 nitrogen and oxygen atoms in total. The summed E-state index contributed by atoms with van der Waals surface area (Å²) in [5.41, 5.74) is 0. The number of nitrogens with zero attached hydrogens (tertiary/aromatic N) is 2. The van der Waals surface area contributed by atoms with Crippen LogP contribution in [-0.4, -0.2) is 146 Å². The standard InChI is InChI=1S/C24H49FN4O6/c1-22(2)26-4-11-31-14-16-33-18-19-34-17-15-32-12-9-28-5-7-29(8-6-28)10-13-35-21-24(25)20-27-23(3)30/h22,24,26H,4-21H2,1-3H3,(H,27,30). The third-order valence-electron chi connectivity index (χ3n) is 5.35. The smallest absolute Gasteiger partial charge is 0.216 e. The Morgan fingerprint density at radius 2 is 1.23 bits per heavy atom. The van der Waals surface area contributed by atoms with Crippen LogP contribution in [-0.2, 0) is 28.5 Å². The van der Waals surface area contributed by atoms with E-state index in [2.05, 4.69) is 34.3 Å². The summed E-state index contributed by atoms with van der Waals surface area (Å²) in [7, 11) is 0. The first kappa shape index (κ1) is 32.1. The number of halogens is 1. The highest BCUT2D eigenvalue weighted by Gasteiger charge is 2.16. The van der Waals surface area contributed by atoms with Gasteiger partial charge in [-0.1, -0.05) is 13.8 Å². The molecule has 1 rings (SSSR count). The SMILES string of the molecule is CC(=O)NCC(F)COCCN1CCN(CCOCCOCCOCCOCCNC(C)C)CC1. The van der Waals surface area contributed by atoms with Crippen molar-refractivity contribution in [2.24, 2.45) is 0 Å². The number of piperazine rings is 1. The molecule has 0 saturated carbocycles. The summed E-state index contributed by atoms with van der Waals surface area (Å²) in [6, 6.07) is 0.484. The Morgan fingerprint density at radius 1 is 0.771 bits per heavy atom. The summed E-state index contributed by atoms with van der Waals surface area (Å²) < 4.78 is 41.1. The molecule has 1 aliphatic rings. The summed E-state index contributed by atoms with van der Waals surface area (Å²) >= 11 is 0. The first-order chi connectivity index (χ1) is 17.0. The van der Waals surface area contributed by atoms with Crippen molar-refractivity contribution in [3.63, 3.8) is 0 Å². The second-order valence-electron chi connectivity index (χ2n) is 8.85. The minimum absolute atomic E-state index is 0.00368. The molecule has 35 heavy (non-hydrogen) atoms. The van der Waals surface area contributed by atoms with E-state index in [0.29, 0.717) is 65.5 Å². The van der Waals surface area contributed by atoms with Gasteiger partial charge in [-0.15, -0.1) is 0 Å². The van der Waals surface area contributed by atoms with Crippen molar-refractivity contribution in [1.29, 1.82) is 0 Å². The molecule has 0 spiro atoms. The predicted octanol–water partition coefficient (Wildman–Crippen LogP) is 0.159. The van der Waals surface area contributed by atoms with Crippen LogP contribution in [0.4, 0.5) is 4.39 Å². The molecule has 1 heterocycles. The lowest BCUT2D eigenvalue weighted by Gasteiger charge is -2.34. The molecule has 1 unspecified atom stereocenters. The van der Waals surface area contributed by atoms with Crippen molar-refractivity contribution in [3.8, 4) is 0 Å². The van der Waals surface area contributed by atoms with E-state index in [-0.39, 0.29) is 19.1 Å². The van der Waals surface area contributed by atoms with Gasteiger partial charge < -0.3 is 34.3 Å². The second-order valence-corrected chi connectivity index (χ2v) is 8.85. The quantitative estimate of drug-likeness (QED) is 0.187. The third-order valence-corrected chi connectivity index (χ3v) is 5.35. The molecule has 1 amide bonds. The Balaban J connectivity index is 1.80. The van der Waals surface area contributed by atoms with Crippen LogP contribution in [0, 0.1) is 0 Å². The van der Waals surface area contributed by atoms with E-state index in [1.807, 2.05) is 0 Å². The number of hydrogen-bond donors (Lipinski definition) is 2. The van der Waals surface area contributed by atoms with E-state index in [1.165, 1.54) is 6.92 Å². The van der Waals surface area contributed by atoms with Gasteiger partial charge in [0.1, 0.15) is 6.17 Å². The zero-order chi connectivity index (χ0) is 25.6. The number of alkyl halides is 1. The zero-order valence-electron chi connectivity index (χ0n) is 22.1. The molecule has 1 aliphatic heterocycles. The third kappa shape index (κ3) is 20.9. The fourth-order valence-electron chi connectivity index (χ4n) is 3.33. The number of ether oxygens (including phenoxy) is 5. The molecule has 0 radical (unpaired) electrons. The molecular formula is C24H49FN4O6. The van der Waals surface area contributed by atoms with Crippen LogP contribution in [0.1, 0.15) is 20.8 Å². The maximum Gasteiger partial charge on any atom is 0.216 e. The van der Waals surface area contributed by atoms with Crippen LogP contribution < -0.4 is 10.6 Å². The van der Waals surface area contributed by atoms with Crippen molar-refractivity contribution < 1.29 is 32.9 Å². The monoisotopic (exact) mass is 508 g/mol. The largest absolute Gasteiger partial charge is 0.378 e. The van der Waals surface area contributed by atoms with Gasteiger partial charge in [-0.2, -0.15) is 0 Å². The van der Waals surface area contributed by atoms with Crippen LogP contribution in [0.5, 0.6) is 0 Å². The maximum atomic E-state index is 13.5. The maximum absolute atomic E-state index is 13.5. The average Bonchev–Trinajstić information content (AvgIpc) is 2.83.